The normalized spacial score (nSPS) is 15.4. The zero-order chi connectivity index (χ0) is 12.2. The summed E-state index contributed by atoms with van der Waals surface area (Å²) in [6.45, 7) is 10.2. The van der Waals surface area contributed by atoms with Crippen LogP contribution in [0.15, 0.2) is 15.9 Å². The fourth-order valence-corrected chi connectivity index (χ4v) is 3.30. The first kappa shape index (κ1) is 14.2. The van der Waals surface area contributed by atoms with E-state index in [0.717, 1.165) is 6.54 Å². The van der Waals surface area contributed by atoms with Gasteiger partial charge >= 0.3 is 0 Å². The molecule has 0 fully saturated rings. The molecule has 1 rings (SSSR count). The third-order valence-electron chi connectivity index (χ3n) is 3.01. The maximum absolute atomic E-state index is 3.56. The van der Waals surface area contributed by atoms with Gasteiger partial charge in [0.1, 0.15) is 0 Å². The average Bonchev–Trinajstić information content (AvgIpc) is 2.61. The minimum Gasteiger partial charge on any atom is -0.314 e. The van der Waals surface area contributed by atoms with Gasteiger partial charge in [-0.3, -0.25) is 0 Å². The van der Waals surface area contributed by atoms with E-state index in [-0.39, 0.29) is 0 Å². The number of thiophene rings is 1. The molecule has 1 unspecified atom stereocenters. The van der Waals surface area contributed by atoms with Crippen molar-refractivity contribution in [2.45, 2.75) is 46.6 Å². The fourth-order valence-electron chi connectivity index (χ4n) is 1.63. The van der Waals surface area contributed by atoms with E-state index in [4.69, 9.17) is 0 Å². The lowest BCUT2D eigenvalue weighted by Crippen LogP contribution is -2.36. The van der Waals surface area contributed by atoms with Crippen LogP contribution >= 0.6 is 27.3 Å². The molecule has 0 aliphatic rings. The van der Waals surface area contributed by atoms with E-state index in [1.807, 2.05) is 11.3 Å². The number of nitrogens with one attached hydrogen (secondary N) is 1. The van der Waals surface area contributed by atoms with Gasteiger partial charge in [-0.15, -0.1) is 11.3 Å². The number of rotatable bonds is 6. The van der Waals surface area contributed by atoms with Crippen LogP contribution < -0.4 is 5.32 Å². The number of halogens is 1. The summed E-state index contributed by atoms with van der Waals surface area (Å²) in [6, 6.07) is 2.81. The first-order chi connectivity index (χ1) is 7.45. The smallest absolute Gasteiger partial charge is 0.0285 e. The van der Waals surface area contributed by atoms with Gasteiger partial charge in [-0.05, 0) is 40.3 Å². The maximum Gasteiger partial charge on any atom is 0.0285 e. The van der Waals surface area contributed by atoms with E-state index >= 15 is 0 Å². The molecule has 1 N–H and O–H groups in total. The van der Waals surface area contributed by atoms with Crippen LogP contribution in [0.1, 0.15) is 39.0 Å². The Morgan fingerprint density at radius 2 is 2.19 bits per heavy atom. The first-order valence-electron chi connectivity index (χ1n) is 5.91. The third kappa shape index (κ3) is 4.56. The van der Waals surface area contributed by atoms with Gasteiger partial charge in [0, 0.05) is 27.3 Å². The minimum absolute atomic E-state index is 0.370. The molecule has 0 saturated carbocycles. The molecule has 1 heterocycles. The zero-order valence-corrected chi connectivity index (χ0v) is 13.0. The first-order valence-corrected chi connectivity index (χ1v) is 7.59. The van der Waals surface area contributed by atoms with Crippen molar-refractivity contribution in [1.29, 1.82) is 0 Å². The third-order valence-corrected chi connectivity index (χ3v) is 4.71. The van der Waals surface area contributed by atoms with Crippen molar-refractivity contribution in [2.75, 3.05) is 6.54 Å². The van der Waals surface area contributed by atoms with Gasteiger partial charge in [0.05, 0.1) is 0 Å². The van der Waals surface area contributed by atoms with Gasteiger partial charge < -0.3 is 5.32 Å². The van der Waals surface area contributed by atoms with E-state index in [0.29, 0.717) is 11.5 Å². The lowest BCUT2D eigenvalue weighted by atomic mass is 9.83. The van der Waals surface area contributed by atoms with Gasteiger partial charge in [0.25, 0.3) is 0 Å². The Balaban J connectivity index is 2.58. The lowest BCUT2D eigenvalue weighted by molar-refractivity contribution is 0.283. The van der Waals surface area contributed by atoms with Gasteiger partial charge in [0.15, 0.2) is 0 Å². The zero-order valence-electron chi connectivity index (χ0n) is 10.6. The van der Waals surface area contributed by atoms with Crippen LogP contribution in [0.2, 0.25) is 0 Å². The molecule has 1 nitrogen and oxygen atoms in total. The second-order valence-electron chi connectivity index (χ2n) is 5.11. The summed E-state index contributed by atoms with van der Waals surface area (Å²) in [5.74, 6) is 0. The highest BCUT2D eigenvalue weighted by molar-refractivity contribution is 9.10. The van der Waals surface area contributed by atoms with E-state index in [1.54, 1.807) is 0 Å². The largest absolute Gasteiger partial charge is 0.314 e. The molecular weight excluding hydrogens is 282 g/mol. The number of hydrogen-bond donors (Lipinski definition) is 1. The predicted octanol–water partition coefficient (Wildman–Crippen LogP) is 4.47. The van der Waals surface area contributed by atoms with Crippen LogP contribution in [-0.4, -0.2) is 12.6 Å². The van der Waals surface area contributed by atoms with Crippen LogP contribution in [0, 0.1) is 5.41 Å². The van der Waals surface area contributed by atoms with Crippen molar-refractivity contribution < 1.29 is 0 Å². The summed E-state index contributed by atoms with van der Waals surface area (Å²) in [7, 11) is 0. The Bertz CT molecular complexity index is 321. The van der Waals surface area contributed by atoms with Crippen molar-refractivity contribution in [3.63, 3.8) is 0 Å². The van der Waals surface area contributed by atoms with Crippen molar-refractivity contribution in [2.24, 2.45) is 5.41 Å². The van der Waals surface area contributed by atoms with E-state index < -0.39 is 0 Å². The van der Waals surface area contributed by atoms with Crippen LogP contribution in [-0.2, 0) is 6.42 Å². The molecule has 0 saturated heterocycles. The van der Waals surface area contributed by atoms with Gasteiger partial charge in [-0.1, -0.05) is 27.7 Å². The van der Waals surface area contributed by atoms with Crippen molar-refractivity contribution in [1.82, 2.24) is 5.32 Å². The molecule has 1 aromatic rings. The van der Waals surface area contributed by atoms with E-state index in [2.05, 4.69) is 60.4 Å². The molecule has 1 atom stereocenters. The van der Waals surface area contributed by atoms with Crippen molar-refractivity contribution >= 4 is 27.3 Å². The summed E-state index contributed by atoms with van der Waals surface area (Å²) < 4.78 is 1.21. The Labute approximate surface area is 112 Å². The van der Waals surface area contributed by atoms with Crippen molar-refractivity contribution in [3.8, 4) is 0 Å². The van der Waals surface area contributed by atoms with Gasteiger partial charge in [-0.2, -0.15) is 0 Å². The summed E-state index contributed by atoms with van der Waals surface area (Å²) in [4.78, 5) is 1.47. The summed E-state index contributed by atoms with van der Waals surface area (Å²) in [5.41, 5.74) is 0.370. The second kappa shape index (κ2) is 6.18. The Morgan fingerprint density at radius 1 is 1.50 bits per heavy atom. The highest BCUT2D eigenvalue weighted by Crippen LogP contribution is 2.30. The average molecular weight is 304 g/mol. The van der Waals surface area contributed by atoms with Gasteiger partial charge in [-0.25, -0.2) is 0 Å². The molecule has 0 aliphatic carbocycles. The topological polar surface area (TPSA) is 12.0 Å². The number of hydrogen-bond acceptors (Lipinski definition) is 2. The minimum atomic E-state index is 0.370. The molecule has 1 aromatic heterocycles. The van der Waals surface area contributed by atoms with Crippen LogP contribution in [0.25, 0.3) is 0 Å². The highest BCUT2D eigenvalue weighted by Gasteiger charge is 2.23. The maximum atomic E-state index is 3.56. The second-order valence-corrected chi connectivity index (χ2v) is 7.02. The Morgan fingerprint density at radius 3 is 2.62 bits per heavy atom. The lowest BCUT2D eigenvalue weighted by Gasteiger charge is -2.29. The van der Waals surface area contributed by atoms with Gasteiger partial charge in [0.2, 0.25) is 0 Å². The quantitative estimate of drug-likeness (QED) is 0.818. The molecule has 0 amide bonds. The molecule has 0 radical (unpaired) electrons. The molecule has 0 bridgehead atoms. The molecule has 16 heavy (non-hydrogen) atoms. The molecule has 0 aliphatic heterocycles. The summed E-state index contributed by atoms with van der Waals surface area (Å²) in [5, 5.41) is 5.72. The SMILES string of the molecule is CCC(C)(CNC(C)C)Cc1cc(Br)cs1. The van der Waals surface area contributed by atoms with E-state index in [1.165, 1.54) is 22.2 Å². The monoisotopic (exact) mass is 303 g/mol. The molecule has 0 aromatic carbocycles. The van der Waals surface area contributed by atoms with E-state index in [9.17, 15) is 0 Å². The van der Waals surface area contributed by atoms with Crippen LogP contribution in [0.5, 0.6) is 0 Å². The Kier molecular flexibility index (Phi) is 5.48. The Hall–Kier alpha value is 0.140. The summed E-state index contributed by atoms with van der Waals surface area (Å²) >= 11 is 5.37. The molecule has 92 valence electrons. The van der Waals surface area contributed by atoms with Crippen LogP contribution in [0.3, 0.4) is 0 Å². The highest BCUT2D eigenvalue weighted by atomic mass is 79.9. The predicted molar refractivity (Wildman–Crippen MR) is 77.3 cm³/mol. The summed E-state index contributed by atoms with van der Waals surface area (Å²) in [6.07, 6.45) is 2.38. The molecule has 0 spiro atoms. The standard InChI is InChI=1S/C13H22BrNS/c1-5-13(4,9-15-10(2)3)7-12-6-11(14)8-16-12/h6,8,10,15H,5,7,9H2,1-4H3. The molecule has 3 heteroatoms. The fraction of sp³-hybridized carbons (Fsp3) is 0.692. The van der Waals surface area contributed by atoms with Crippen LogP contribution in [0.4, 0.5) is 0 Å². The van der Waals surface area contributed by atoms with Crippen molar-refractivity contribution in [3.05, 3.63) is 20.8 Å². The molecular formula is C13H22BrNS.